The van der Waals surface area contributed by atoms with Crippen molar-refractivity contribution < 1.29 is 4.92 Å². The quantitative estimate of drug-likeness (QED) is 0.679. The molecule has 0 unspecified atom stereocenters. The van der Waals surface area contributed by atoms with Gasteiger partial charge in [-0.05, 0) is 43.6 Å². The lowest BCUT2D eigenvalue weighted by Gasteiger charge is -2.36. The molecule has 0 atom stereocenters. The Labute approximate surface area is 118 Å². The molecule has 19 heavy (non-hydrogen) atoms. The van der Waals surface area contributed by atoms with Gasteiger partial charge in [0.1, 0.15) is 0 Å². The van der Waals surface area contributed by atoms with E-state index in [0.717, 1.165) is 37.2 Å². The summed E-state index contributed by atoms with van der Waals surface area (Å²) in [7, 11) is 0. The molecule has 2 rings (SSSR count). The van der Waals surface area contributed by atoms with E-state index < -0.39 is 4.92 Å². The van der Waals surface area contributed by atoms with Crippen molar-refractivity contribution in [3.8, 4) is 0 Å². The SMILES string of the molecule is CC1CCC(N)(Cc2ccc([N+](=O)[O-])cc2Cl)CC1. The van der Waals surface area contributed by atoms with Gasteiger partial charge in [0.05, 0.1) is 9.95 Å². The molecule has 0 bridgehead atoms. The lowest BCUT2D eigenvalue weighted by atomic mass is 9.75. The molecular formula is C14H19ClN2O2. The Morgan fingerprint density at radius 2 is 2.11 bits per heavy atom. The second kappa shape index (κ2) is 5.47. The van der Waals surface area contributed by atoms with Crippen molar-refractivity contribution in [2.24, 2.45) is 11.7 Å². The standard InChI is InChI=1S/C14H19ClN2O2/c1-10-4-6-14(16,7-5-10)9-11-2-3-12(17(18)19)8-13(11)15/h2-3,8,10H,4-7,9,16H2,1H3. The van der Waals surface area contributed by atoms with Crippen molar-refractivity contribution in [2.75, 3.05) is 0 Å². The van der Waals surface area contributed by atoms with Crippen LogP contribution in [0.2, 0.25) is 5.02 Å². The van der Waals surface area contributed by atoms with E-state index in [1.54, 1.807) is 6.07 Å². The smallest absolute Gasteiger partial charge is 0.270 e. The van der Waals surface area contributed by atoms with E-state index in [1.165, 1.54) is 12.1 Å². The third kappa shape index (κ3) is 3.45. The summed E-state index contributed by atoms with van der Waals surface area (Å²) in [6, 6.07) is 4.63. The van der Waals surface area contributed by atoms with Crippen molar-refractivity contribution in [1.82, 2.24) is 0 Å². The molecule has 1 aliphatic rings. The summed E-state index contributed by atoms with van der Waals surface area (Å²) < 4.78 is 0. The highest BCUT2D eigenvalue weighted by molar-refractivity contribution is 6.31. The fourth-order valence-corrected chi connectivity index (χ4v) is 2.93. The molecule has 0 saturated heterocycles. The van der Waals surface area contributed by atoms with Gasteiger partial charge in [-0.15, -0.1) is 0 Å². The summed E-state index contributed by atoms with van der Waals surface area (Å²) >= 11 is 6.12. The van der Waals surface area contributed by atoms with E-state index in [4.69, 9.17) is 17.3 Å². The topological polar surface area (TPSA) is 69.2 Å². The van der Waals surface area contributed by atoms with E-state index in [0.29, 0.717) is 11.4 Å². The minimum Gasteiger partial charge on any atom is -0.325 e. The average Bonchev–Trinajstić information content (AvgIpc) is 2.36. The van der Waals surface area contributed by atoms with Crippen LogP contribution in [0, 0.1) is 16.0 Å². The van der Waals surface area contributed by atoms with Gasteiger partial charge in [-0.1, -0.05) is 24.6 Å². The van der Waals surface area contributed by atoms with E-state index in [9.17, 15) is 10.1 Å². The maximum absolute atomic E-state index is 10.7. The van der Waals surface area contributed by atoms with Crippen LogP contribution in [0.5, 0.6) is 0 Å². The number of rotatable bonds is 3. The number of halogens is 1. The number of nitrogens with zero attached hydrogens (tertiary/aromatic N) is 1. The molecule has 104 valence electrons. The first kappa shape index (κ1) is 14.3. The summed E-state index contributed by atoms with van der Waals surface area (Å²) in [4.78, 5) is 10.2. The highest BCUT2D eigenvalue weighted by Crippen LogP contribution is 2.34. The van der Waals surface area contributed by atoms with Gasteiger partial charge in [0, 0.05) is 17.7 Å². The third-order valence-electron chi connectivity index (χ3n) is 4.06. The molecule has 0 spiro atoms. The van der Waals surface area contributed by atoms with E-state index in [-0.39, 0.29) is 11.2 Å². The molecule has 0 aromatic heterocycles. The Bertz CT molecular complexity index is 482. The molecule has 5 heteroatoms. The van der Waals surface area contributed by atoms with Crippen molar-refractivity contribution >= 4 is 17.3 Å². The molecule has 1 aromatic carbocycles. The maximum atomic E-state index is 10.7. The van der Waals surface area contributed by atoms with Crippen LogP contribution in [0.15, 0.2) is 18.2 Å². The maximum Gasteiger partial charge on any atom is 0.270 e. The zero-order valence-corrected chi connectivity index (χ0v) is 11.8. The zero-order valence-electron chi connectivity index (χ0n) is 11.1. The monoisotopic (exact) mass is 282 g/mol. The van der Waals surface area contributed by atoms with Crippen LogP contribution in [0.3, 0.4) is 0 Å². The fourth-order valence-electron chi connectivity index (χ4n) is 2.69. The van der Waals surface area contributed by atoms with Crippen molar-refractivity contribution in [2.45, 2.75) is 44.6 Å². The van der Waals surface area contributed by atoms with E-state index in [2.05, 4.69) is 6.92 Å². The van der Waals surface area contributed by atoms with Gasteiger partial charge >= 0.3 is 0 Å². The first-order valence-electron chi connectivity index (χ1n) is 6.61. The highest BCUT2D eigenvalue weighted by Gasteiger charge is 2.31. The summed E-state index contributed by atoms with van der Waals surface area (Å²) in [5.41, 5.74) is 7.14. The van der Waals surface area contributed by atoms with Crippen LogP contribution in [0.1, 0.15) is 38.2 Å². The van der Waals surface area contributed by atoms with Gasteiger partial charge in [-0.3, -0.25) is 10.1 Å². The first-order valence-corrected chi connectivity index (χ1v) is 6.99. The lowest BCUT2D eigenvalue weighted by molar-refractivity contribution is -0.384. The van der Waals surface area contributed by atoms with Crippen LogP contribution >= 0.6 is 11.6 Å². The average molecular weight is 283 g/mol. The molecule has 0 amide bonds. The Kier molecular flexibility index (Phi) is 4.11. The number of nitrogens with two attached hydrogens (primary N) is 1. The Morgan fingerprint density at radius 1 is 1.47 bits per heavy atom. The third-order valence-corrected chi connectivity index (χ3v) is 4.41. The number of non-ortho nitro benzene ring substituents is 1. The summed E-state index contributed by atoms with van der Waals surface area (Å²) in [6.45, 7) is 2.25. The number of nitro groups is 1. The first-order chi connectivity index (χ1) is 8.89. The summed E-state index contributed by atoms with van der Waals surface area (Å²) in [6.07, 6.45) is 4.95. The second-order valence-electron chi connectivity index (χ2n) is 5.75. The van der Waals surface area contributed by atoms with Gasteiger partial charge < -0.3 is 5.73 Å². The van der Waals surface area contributed by atoms with Crippen LogP contribution in [-0.4, -0.2) is 10.5 Å². The minimum absolute atomic E-state index is 0.0251. The Balaban J connectivity index is 2.13. The molecule has 2 N–H and O–H groups in total. The van der Waals surface area contributed by atoms with Crippen molar-refractivity contribution in [1.29, 1.82) is 0 Å². The molecule has 1 aromatic rings. The number of hydrogen-bond donors (Lipinski definition) is 1. The predicted molar refractivity (Wildman–Crippen MR) is 76.4 cm³/mol. The Hall–Kier alpha value is -1.13. The Morgan fingerprint density at radius 3 is 2.63 bits per heavy atom. The fraction of sp³-hybridized carbons (Fsp3) is 0.571. The normalized spacial score (nSPS) is 27.2. The van der Waals surface area contributed by atoms with Crippen LogP contribution < -0.4 is 5.73 Å². The lowest BCUT2D eigenvalue weighted by Crippen LogP contribution is -2.45. The molecule has 0 heterocycles. The van der Waals surface area contributed by atoms with E-state index >= 15 is 0 Å². The molecular weight excluding hydrogens is 264 g/mol. The predicted octanol–water partition coefficient (Wildman–Crippen LogP) is 3.70. The van der Waals surface area contributed by atoms with Crippen LogP contribution in [0.4, 0.5) is 5.69 Å². The second-order valence-corrected chi connectivity index (χ2v) is 6.16. The summed E-state index contributed by atoms with van der Waals surface area (Å²) in [5.74, 6) is 0.740. The van der Waals surface area contributed by atoms with Gasteiger partial charge in [0.25, 0.3) is 5.69 Å². The van der Waals surface area contributed by atoms with Crippen LogP contribution in [0.25, 0.3) is 0 Å². The summed E-state index contributed by atoms with van der Waals surface area (Å²) in [5, 5.41) is 11.1. The van der Waals surface area contributed by atoms with Gasteiger partial charge in [0.2, 0.25) is 0 Å². The molecule has 4 nitrogen and oxygen atoms in total. The number of hydrogen-bond acceptors (Lipinski definition) is 3. The van der Waals surface area contributed by atoms with Gasteiger partial charge in [0.15, 0.2) is 0 Å². The highest BCUT2D eigenvalue weighted by atomic mass is 35.5. The molecule has 1 aliphatic carbocycles. The van der Waals surface area contributed by atoms with Crippen molar-refractivity contribution in [3.05, 3.63) is 38.9 Å². The molecule has 1 saturated carbocycles. The minimum atomic E-state index is -0.434. The zero-order chi connectivity index (χ0) is 14.0. The van der Waals surface area contributed by atoms with E-state index in [1.807, 2.05) is 0 Å². The van der Waals surface area contributed by atoms with Crippen LogP contribution in [-0.2, 0) is 6.42 Å². The van der Waals surface area contributed by atoms with Gasteiger partial charge in [-0.25, -0.2) is 0 Å². The van der Waals surface area contributed by atoms with Crippen molar-refractivity contribution in [3.63, 3.8) is 0 Å². The molecule has 0 aliphatic heterocycles. The largest absolute Gasteiger partial charge is 0.325 e. The number of benzene rings is 1. The molecule has 1 fully saturated rings. The number of nitro benzene ring substituents is 1. The van der Waals surface area contributed by atoms with Gasteiger partial charge in [-0.2, -0.15) is 0 Å². The molecule has 0 radical (unpaired) electrons.